The summed E-state index contributed by atoms with van der Waals surface area (Å²) >= 11 is 6.07. The van der Waals surface area contributed by atoms with Gasteiger partial charge in [-0.25, -0.2) is 0 Å². The molecule has 20 heavy (non-hydrogen) atoms. The molecule has 3 rings (SSSR count). The van der Waals surface area contributed by atoms with Gasteiger partial charge in [-0.2, -0.15) is 19.6 Å². The lowest BCUT2D eigenvalue weighted by Gasteiger charge is -2.10. The minimum absolute atomic E-state index is 0.342. The van der Waals surface area contributed by atoms with E-state index in [1.807, 2.05) is 19.1 Å². The molecule has 0 fully saturated rings. The van der Waals surface area contributed by atoms with Crippen molar-refractivity contribution in [2.45, 2.75) is 6.92 Å². The van der Waals surface area contributed by atoms with Gasteiger partial charge in [0.25, 0.3) is 5.78 Å². The Labute approximate surface area is 119 Å². The van der Waals surface area contributed by atoms with Crippen LogP contribution in [0.4, 0.5) is 0 Å². The second kappa shape index (κ2) is 4.97. The Morgan fingerprint density at radius 2 is 1.85 bits per heavy atom. The Balaban J connectivity index is 2.04. The molecule has 3 aromatic rings. The fourth-order valence-corrected chi connectivity index (χ4v) is 1.91. The molecular weight excluding hydrogens is 280 g/mol. The molecule has 102 valence electrons. The van der Waals surface area contributed by atoms with Gasteiger partial charge in [0.15, 0.2) is 0 Å². The van der Waals surface area contributed by atoms with E-state index in [1.54, 1.807) is 19.2 Å². The number of fused-ring (bicyclic) bond motifs is 1. The normalized spacial score (nSPS) is 10.8. The van der Waals surface area contributed by atoms with Gasteiger partial charge in [0, 0.05) is 5.56 Å². The molecule has 0 atom stereocenters. The van der Waals surface area contributed by atoms with E-state index in [-0.39, 0.29) is 0 Å². The fraction of sp³-hybridized carbons (Fsp3) is 0.154. The smallest absolute Gasteiger partial charge is 0.256 e. The van der Waals surface area contributed by atoms with Crippen LogP contribution in [0.25, 0.3) is 5.78 Å². The molecule has 2 heterocycles. The molecule has 0 amide bonds. The maximum atomic E-state index is 6.07. The van der Waals surface area contributed by atoms with Crippen molar-refractivity contribution in [3.8, 4) is 17.4 Å². The third-order valence-corrected chi connectivity index (χ3v) is 3.19. The van der Waals surface area contributed by atoms with Gasteiger partial charge >= 0.3 is 0 Å². The summed E-state index contributed by atoms with van der Waals surface area (Å²) in [7, 11) is 1.61. The summed E-state index contributed by atoms with van der Waals surface area (Å²) in [6.45, 7) is 1.81. The number of hydrogen-bond acceptors (Lipinski definition) is 5. The van der Waals surface area contributed by atoms with Crippen LogP contribution in [0.3, 0.4) is 0 Å². The lowest BCUT2D eigenvalue weighted by molar-refractivity contribution is 0.410. The molecule has 6 nitrogen and oxygen atoms in total. The van der Waals surface area contributed by atoms with Crippen LogP contribution in [0.2, 0.25) is 5.15 Å². The first-order chi connectivity index (χ1) is 9.69. The molecule has 0 aliphatic carbocycles. The van der Waals surface area contributed by atoms with Gasteiger partial charge in [-0.05, 0) is 31.2 Å². The predicted molar refractivity (Wildman–Crippen MR) is 73.6 cm³/mol. The number of nitrogens with zero attached hydrogens (tertiary/aromatic N) is 4. The Morgan fingerprint density at radius 3 is 2.55 bits per heavy atom. The minimum Gasteiger partial charge on any atom is -0.497 e. The van der Waals surface area contributed by atoms with Crippen molar-refractivity contribution >= 4 is 17.4 Å². The molecule has 7 heteroatoms. The van der Waals surface area contributed by atoms with Crippen LogP contribution < -0.4 is 9.47 Å². The van der Waals surface area contributed by atoms with Gasteiger partial charge in [-0.3, -0.25) is 0 Å². The molecule has 0 spiro atoms. The molecule has 0 saturated carbocycles. The number of methoxy groups -OCH3 is 1. The Hall–Kier alpha value is -2.34. The summed E-state index contributed by atoms with van der Waals surface area (Å²) in [5.74, 6) is 2.28. The summed E-state index contributed by atoms with van der Waals surface area (Å²) in [4.78, 5) is 8.13. The van der Waals surface area contributed by atoms with Crippen molar-refractivity contribution in [1.29, 1.82) is 0 Å². The highest BCUT2D eigenvalue weighted by atomic mass is 35.5. The minimum atomic E-state index is 0.342. The van der Waals surface area contributed by atoms with Gasteiger partial charge in [0.1, 0.15) is 23.0 Å². The van der Waals surface area contributed by atoms with Crippen molar-refractivity contribution < 1.29 is 9.47 Å². The highest BCUT2D eigenvalue weighted by Gasteiger charge is 2.14. The van der Waals surface area contributed by atoms with E-state index in [0.717, 1.165) is 5.75 Å². The molecule has 1 aromatic carbocycles. The van der Waals surface area contributed by atoms with E-state index in [0.29, 0.717) is 28.1 Å². The summed E-state index contributed by atoms with van der Waals surface area (Å²) in [5, 5.41) is 4.43. The molecule has 0 aliphatic rings. The van der Waals surface area contributed by atoms with Gasteiger partial charge in [-0.1, -0.05) is 11.6 Å². The van der Waals surface area contributed by atoms with Crippen molar-refractivity contribution in [3.63, 3.8) is 0 Å². The molecule has 0 unspecified atom stereocenters. The maximum absolute atomic E-state index is 6.07. The number of rotatable bonds is 3. The second-order valence-electron chi connectivity index (χ2n) is 4.08. The topological polar surface area (TPSA) is 61.5 Å². The van der Waals surface area contributed by atoms with Crippen LogP contribution in [0, 0.1) is 6.92 Å². The molecule has 2 aromatic heterocycles. The summed E-state index contributed by atoms with van der Waals surface area (Å²) < 4.78 is 12.5. The zero-order valence-electron chi connectivity index (χ0n) is 10.9. The van der Waals surface area contributed by atoms with E-state index in [4.69, 9.17) is 21.1 Å². The Bertz CT molecular complexity index is 755. The van der Waals surface area contributed by atoms with Crippen LogP contribution in [0.1, 0.15) is 5.56 Å². The van der Waals surface area contributed by atoms with E-state index >= 15 is 0 Å². The number of aromatic nitrogens is 4. The Morgan fingerprint density at radius 1 is 1.15 bits per heavy atom. The lowest BCUT2D eigenvalue weighted by atomic mass is 10.3. The average Bonchev–Trinajstić information content (AvgIpc) is 2.92. The first kappa shape index (κ1) is 12.7. The van der Waals surface area contributed by atoms with Crippen molar-refractivity contribution in [2.24, 2.45) is 0 Å². The van der Waals surface area contributed by atoms with Gasteiger partial charge in [-0.15, -0.1) is 0 Å². The summed E-state index contributed by atoms with van der Waals surface area (Å²) in [6, 6.07) is 7.22. The number of halogens is 1. The first-order valence-corrected chi connectivity index (χ1v) is 6.24. The standard InChI is InChI=1S/C13H11ClN4O2/c1-8-11(14)17-13-15-7-16-18(13)12(8)20-10-5-3-9(19-2)4-6-10/h3-7H,1-2H3. The van der Waals surface area contributed by atoms with E-state index in [1.165, 1.54) is 10.8 Å². The number of hydrogen-bond donors (Lipinski definition) is 0. The van der Waals surface area contributed by atoms with Crippen LogP contribution >= 0.6 is 11.6 Å². The lowest BCUT2D eigenvalue weighted by Crippen LogP contribution is -2.01. The maximum Gasteiger partial charge on any atom is 0.256 e. The monoisotopic (exact) mass is 290 g/mol. The fourth-order valence-electron chi connectivity index (χ4n) is 1.75. The largest absolute Gasteiger partial charge is 0.497 e. The van der Waals surface area contributed by atoms with Crippen molar-refractivity contribution in [1.82, 2.24) is 19.6 Å². The zero-order chi connectivity index (χ0) is 14.1. The summed E-state index contributed by atoms with van der Waals surface area (Å²) in [6.07, 6.45) is 1.40. The van der Waals surface area contributed by atoms with E-state index in [2.05, 4.69) is 15.1 Å². The quantitative estimate of drug-likeness (QED) is 0.694. The van der Waals surface area contributed by atoms with Crippen LogP contribution in [-0.2, 0) is 0 Å². The molecule has 0 saturated heterocycles. The van der Waals surface area contributed by atoms with Crippen LogP contribution in [0.15, 0.2) is 30.6 Å². The second-order valence-corrected chi connectivity index (χ2v) is 4.44. The van der Waals surface area contributed by atoms with Gasteiger partial charge in [0.05, 0.1) is 7.11 Å². The number of ether oxygens (including phenoxy) is 2. The number of benzene rings is 1. The molecule has 0 radical (unpaired) electrons. The van der Waals surface area contributed by atoms with Crippen molar-refractivity contribution in [3.05, 3.63) is 41.3 Å². The highest BCUT2D eigenvalue weighted by molar-refractivity contribution is 6.30. The van der Waals surface area contributed by atoms with Crippen LogP contribution in [0.5, 0.6) is 17.4 Å². The SMILES string of the molecule is COc1ccc(Oc2c(C)c(Cl)nc3ncnn23)cc1. The average molecular weight is 291 g/mol. The van der Waals surface area contributed by atoms with E-state index in [9.17, 15) is 0 Å². The van der Waals surface area contributed by atoms with E-state index < -0.39 is 0 Å². The van der Waals surface area contributed by atoms with Crippen molar-refractivity contribution in [2.75, 3.05) is 7.11 Å². The molecule has 0 bridgehead atoms. The molecule has 0 aliphatic heterocycles. The zero-order valence-corrected chi connectivity index (χ0v) is 11.6. The third kappa shape index (κ3) is 2.14. The third-order valence-electron chi connectivity index (χ3n) is 2.82. The summed E-state index contributed by atoms with van der Waals surface area (Å²) in [5.41, 5.74) is 0.695. The van der Waals surface area contributed by atoms with Crippen LogP contribution in [-0.4, -0.2) is 26.7 Å². The molecular formula is C13H11ClN4O2. The highest BCUT2D eigenvalue weighted by Crippen LogP contribution is 2.29. The predicted octanol–water partition coefficient (Wildman–Crippen LogP) is 2.89. The first-order valence-electron chi connectivity index (χ1n) is 5.87. The van der Waals surface area contributed by atoms with Gasteiger partial charge < -0.3 is 9.47 Å². The Kier molecular flexibility index (Phi) is 3.15. The molecule has 0 N–H and O–H groups in total. The van der Waals surface area contributed by atoms with Gasteiger partial charge in [0.2, 0.25) is 5.88 Å².